The Hall–Kier alpha value is -1.81. The van der Waals surface area contributed by atoms with Crippen LogP contribution >= 0.6 is 15.9 Å². The van der Waals surface area contributed by atoms with Crippen LogP contribution in [0.15, 0.2) is 40.9 Å². The smallest absolute Gasteiger partial charge is 0.255 e. The van der Waals surface area contributed by atoms with Crippen LogP contribution in [-0.2, 0) is 0 Å². The Morgan fingerprint density at radius 1 is 1.11 bits per heavy atom. The van der Waals surface area contributed by atoms with Gasteiger partial charge in [-0.1, -0.05) is 6.07 Å². The van der Waals surface area contributed by atoms with Crippen molar-refractivity contribution in [2.75, 3.05) is 5.32 Å². The van der Waals surface area contributed by atoms with Crippen LogP contribution in [0.4, 0.5) is 5.69 Å². The Morgan fingerprint density at radius 3 is 2.47 bits per heavy atom. The number of aryl methyl sites for hydroxylation is 2. The molecule has 0 spiro atoms. The molecule has 0 aliphatic rings. The van der Waals surface area contributed by atoms with Crippen molar-refractivity contribution in [3.8, 4) is 5.75 Å². The lowest BCUT2D eigenvalue weighted by atomic mass is 10.1. The average molecular weight is 320 g/mol. The summed E-state index contributed by atoms with van der Waals surface area (Å²) in [6.45, 7) is 4.02. The van der Waals surface area contributed by atoms with Crippen molar-refractivity contribution < 1.29 is 9.90 Å². The van der Waals surface area contributed by atoms with Gasteiger partial charge in [0.25, 0.3) is 5.91 Å². The van der Waals surface area contributed by atoms with E-state index in [-0.39, 0.29) is 11.7 Å². The first-order valence-corrected chi connectivity index (χ1v) is 6.64. The van der Waals surface area contributed by atoms with Crippen molar-refractivity contribution in [1.29, 1.82) is 0 Å². The van der Waals surface area contributed by atoms with Crippen LogP contribution in [0.5, 0.6) is 5.75 Å². The van der Waals surface area contributed by atoms with Gasteiger partial charge in [0.05, 0.1) is 4.47 Å². The summed E-state index contributed by atoms with van der Waals surface area (Å²) in [7, 11) is 0. The highest BCUT2D eigenvalue weighted by Gasteiger charge is 2.09. The third-order valence-corrected chi connectivity index (χ3v) is 3.64. The summed E-state index contributed by atoms with van der Waals surface area (Å²) < 4.78 is 0.565. The molecule has 98 valence electrons. The van der Waals surface area contributed by atoms with Gasteiger partial charge in [0.1, 0.15) is 5.75 Å². The number of hydrogen-bond donors (Lipinski definition) is 2. The summed E-state index contributed by atoms with van der Waals surface area (Å²) in [4.78, 5) is 12.0. The summed E-state index contributed by atoms with van der Waals surface area (Å²) in [6.07, 6.45) is 0. The summed E-state index contributed by atoms with van der Waals surface area (Å²) in [5, 5.41) is 12.4. The maximum Gasteiger partial charge on any atom is 0.255 e. The van der Waals surface area contributed by atoms with Gasteiger partial charge in [-0.05, 0) is 71.2 Å². The molecule has 0 bridgehead atoms. The molecule has 0 unspecified atom stereocenters. The number of hydrogen-bond acceptors (Lipinski definition) is 2. The monoisotopic (exact) mass is 319 g/mol. The molecule has 0 aromatic heterocycles. The van der Waals surface area contributed by atoms with E-state index in [0.29, 0.717) is 10.0 Å². The van der Waals surface area contributed by atoms with Crippen LogP contribution in [0, 0.1) is 13.8 Å². The Bertz CT molecular complexity index is 638. The van der Waals surface area contributed by atoms with Crippen LogP contribution < -0.4 is 5.32 Å². The van der Waals surface area contributed by atoms with Crippen molar-refractivity contribution in [1.82, 2.24) is 0 Å². The lowest BCUT2D eigenvalue weighted by molar-refractivity contribution is 0.102. The van der Waals surface area contributed by atoms with E-state index in [1.54, 1.807) is 12.1 Å². The fourth-order valence-electron chi connectivity index (χ4n) is 1.68. The fraction of sp³-hybridized carbons (Fsp3) is 0.133. The third-order valence-electron chi connectivity index (χ3n) is 2.97. The second-order valence-electron chi connectivity index (χ2n) is 4.42. The predicted molar refractivity (Wildman–Crippen MR) is 79.7 cm³/mol. The van der Waals surface area contributed by atoms with Crippen LogP contribution in [-0.4, -0.2) is 11.0 Å². The number of phenols is 1. The largest absolute Gasteiger partial charge is 0.507 e. The van der Waals surface area contributed by atoms with Gasteiger partial charge >= 0.3 is 0 Å². The minimum absolute atomic E-state index is 0.0488. The summed E-state index contributed by atoms with van der Waals surface area (Å²) >= 11 is 3.18. The second kappa shape index (κ2) is 5.45. The van der Waals surface area contributed by atoms with Gasteiger partial charge in [0.15, 0.2) is 0 Å². The molecule has 19 heavy (non-hydrogen) atoms. The molecule has 2 aromatic carbocycles. The zero-order valence-electron chi connectivity index (χ0n) is 10.7. The maximum absolute atomic E-state index is 12.0. The fourth-order valence-corrected chi connectivity index (χ4v) is 1.92. The first kappa shape index (κ1) is 13.6. The molecule has 0 saturated carbocycles. The summed E-state index contributed by atoms with van der Waals surface area (Å²) in [6, 6.07) is 10.5. The zero-order valence-corrected chi connectivity index (χ0v) is 12.3. The molecule has 0 atom stereocenters. The predicted octanol–water partition coefficient (Wildman–Crippen LogP) is 4.02. The lowest BCUT2D eigenvalue weighted by Crippen LogP contribution is -2.11. The lowest BCUT2D eigenvalue weighted by Gasteiger charge is -2.08. The number of phenolic OH excluding ortho intramolecular Hbond substituents is 1. The first-order valence-electron chi connectivity index (χ1n) is 5.84. The summed E-state index contributed by atoms with van der Waals surface area (Å²) in [5.41, 5.74) is 3.46. The number of amides is 1. The van der Waals surface area contributed by atoms with E-state index in [2.05, 4.69) is 21.2 Å². The molecule has 0 fully saturated rings. The van der Waals surface area contributed by atoms with Crippen LogP contribution in [0.25, 0.3) is 0 Å². The highest BCUT2D eigenvalue weighted by atomic mass is 79.9. The van der Waals surface area contributed by atoms with Gasteiger partial charge in [-0.3, -0.25) is 4.79 Å². The number of carbonyl (C=O) groups is 1. The van der Waals surface area contributed by atoms with E-state index in [0.717, 1.165) is 11.3 Å². The van der Waals surface area contributed by atoms with Crippen molar-refractivity contribution in [2.24, 2.45) is 0 Å². The number of aromatic hydroxyl groups is 1. The molecular weight excluding hydrogens is 306 g/mol. The van der Waals surface area contributed by atoms with Crippen molar-refractivity contribution in [3.63, 3.8) is 0 Å². The van der Waals surface area contributed by atoms with E-state index in [1.165, 1.54) is 11.6 Å². The maximum atomic E-state index is 12.0. The quantitative estimate of drug-likeness (QED) is 0.878. The van der Waals surface area contributed by atoms with Crippen molar-refractivity contribution in [3.05, 3.63) is 57.6 Å². The summed E-state index contributed by atoms with van der Waals surface area (Å²) in [5.74, 6) is -0.196. The number of carbonyl (C=O) groups excluding carboxylic acids is 1. The van der Waals surface area contributed by atoms with E-state index < -0.39 is 0 Å². The van der Waals surface area contributed by atoms with Crippen LogP contribution in [0.3, 0.4) is 0 Å². The molecule has 0 radical (unpaired) electrons. The normalized spacial score (nSPS) is 10.3. The molecule has 2 N–H and O–H groups in total. The molecule has 2 aromatic rings. The van der Waals surface area contributed by atoms with E-state index in [4.69, 9.17) is 0 Å². The number of halogens is 1. The van der Waals surface area contributed by atoms with E-state index in [1.807, 2.05) is 32.0 Å². The van der Waals surface area contributed by atoms with Crippen LogP contribution in [0.2, 0.25) is 0 Å². The minimum atomic E-state index is -0.244. The zero-order chi connectivity index (χ0) is 14.0. The highest BCUT2D eigenvalue weighted by molar-refractivity contribution is 9.10. The molecule has 2 rings (SSSR count). The molecule has 0 saturated heterocycles. The Morgan fingerprint density at radius 2 is 1.84 bits per heavy atom. The Labute approximate surface area is 120 Å². The standard InChI is InChI=1S/C15H14BrNO2/c1-9-3-5-12(7-10(9)2)17-15(19)11-4-6-13(16)14(18)8-11/h3-8,18H,1-2H3,(H,17,19). The molecular formula is C15H14BrNO2. The minimum Gasteiger partial charge on any atom is -0.507 e. The van der Waals surface area contributed by atoms with E-state index in [9.17, 15) is 9.90 Å². The van der Waals surface area contributed by atoms with Gasteiger partial charge in [0.2, 0.25) is 0 Å². The Balaban J connectivity index is 2.20. The van der Waals surface area contributed by atoms with Gasteiger partial charge in [-0.25, -0.2) is 0 Å². The molecule has 0 heterocycles. The average Bonchev–Trinajstić information content (AvgIpc) is 2.37. The van der Waals surface area contributed by atoms with Crippen molar-refractivity contribution >= 4 is 27.5 Å². The van der Waals surface area contributed by atoms with E-state index >= 15 is 0 Å². The number of nitrogens with one attached hydrogen (secondary N) is 1. The van der Waals surface area contributed by atoms with Gasteiger partial charge in [-0.15, -0.1) is 0 Å². The van der Waals surface area contributed by atoms with Crippen LogP contribution in [0.1, 0.15) is 21.5 Å². The third kappa shape index (κ3) is 3.15. The Kier molecular flexibility index (Phi) is 3.90. The SMILES string of the molecule is Cc1ccc(NC(=O)c2ccc(Br)c(O)c2)cc1C. The molecule has 4 heteroatoms. The molecule has 3 nitrogen and oxygen atoms in total. The first-order chi connectivity index (χ1) is 8.97. The second-order valence-corrected chi connectivity index (χ2v) is 5.27. The van der Waals surface area contributed by atoms with Gasteiger partial charge < -0.3 is 10.4 Å². The number of benzene rings is 2. The van der Waals surface area contributed by atoms with Crippen molar-refractivity contribution in [2.45, 2.75) is 13.8 Å². The molecule has 0 aliphatic heterocycles. The topological polar surface area (TPSA) is 49.3 Å². The highest BCUT2D eigenvalue weighted by Crippen LogP contribution is 2.25. The molecule has 1 amide bonds. The molecule has 0 aliphatic carbocycles. The number of anilines is 1. The van der Waals surface area contributed by atoms with Gasteiger partial charge in [-0.2, -0.15) is 0 Å². The number of rotatable bonds is 2. The van der Waals surface area contributed by atoms with Gasteiger partial charge in [0, 0.05) is 11.3 Å².